The minimum Gasteiger partial charge on any atom is -0.469 e. The fraction of sp³-hybridized carbons (Fsp3) is 0.400. The highest BCUT2D eigenvalue weighted by molar-refractivity contribution is 5.74. The Morgan fingerprint density at radius 2 is 2.13 bits per heavy atom. The van der Waals surface area contributed by atoms with Gasteiger partial charge in [-0.25, -0.2) is 0 Å². The summed E-state index contributed by atoms with van der Waals surface area (Å²) in [4.78, 5) is 20.2. The summed E-state index contributed by atoms with van der Waals surface area (Å²) in [5.74, 6) is 0.857. The van der Waals surface area contributed by atoms with Gasteiger partial charge in [0.15, 0.2) is 5.65 Å². The number of rotatable bonds is 6. The van der Waals surface area contributed by atoms with Crippen molar-refractivity contribution in [3.05, 3.63) is 36.2 Å². The Morgan fingerprint density at radius 1 is 1.33 bits per heavy atom. The van der Waals surface area contributed by atoms with Crippen molar-refractivity contribution in [3.8, 4) is 0 Å². The van der Waals surface area contributed by atoms with E-state index in [0.29, 0.717) is 34.7 Å². The predicted octanol–water partition coefficient (Wildman–Crippen LogP) is 1.88. The van der Waals surface area contributed by atoms with Crippen LogP contribution in [0.15, 0.2) is 30.5 Å². The number of aromatic nitrogens is 4. The van der Waals surface area contributed by atoms with Gasteiger partial charge in [0.1, 0.15) is 5.82 Å². The third-order valence-electron chi connectivity index (χ3n) is 5.21. The summed E-state index contributed by atoms with van der Waals surface area (Å²) in [5, 5.41) is 20.9. The zero-order chi connectivity index (χ0) is 21.1. The van der Waals surface area contributed by atoms with Gasteiger partial charge >= 0.3 is 5.97 Å². The Hall–Kier alpha value is -3.40. The molecule has 0 saturated heterocycles. The molecule has 0 atom stereocenters. The van der Waals surface area contributed by atoms with Gasteiger partial charge in [-0.15, -0.1) is 5.10 Å². The van der Waals surface area contributed by atoms with Crippen molar-refractivity contribution >= 4 is 34.8 Å². The van der Waals surface area contributed by atoms with Crippen molar-refractivity contribution < 1.29 is 14.6 Å². The third kappa shape index (κ3) is 4.43. The van der Waals surface area contributed by atoms with E-state index in [1.807, 2.05) is 18.2 Å². The van der Waals surface area contributed by atoms with Crippen LogP contribution in [-0.4, -0.2) is 49.9 Å². The second kappa shape index (κ2) is 8.54. The number of nitrogen functional groups attached to an aromatic ring is 1. The lowest BCUT2D eigenvalue weighted by Gasteiger charge is -2.26. The number of esters is 1. The van der Waals surface area contributed by atoms with E-state index in [0.717, 1.165) is 31.5 Å². The van der Waals surface area contributed by atoms with Crippen LogP contribution in [0.5, 0.6) is 0 Å². The van der Waals surface area contributed by atoms with Crippen LogP contribution < -0.4 is 16.4 Å². The zero-order valence-electron chi connectivity index (χ0n) is 16.7. The van der Waals surface area contributed by atoms with E-state index in [4.69, 9.17) is 5.73 Å². The summed E-state index contributed by atoms with van der Waals surface area (Å²) >= 11 is 0. The summed E-state index contributed by atoms with van der Waals surface area (Å²) in [7, 11) is 1.32. The van der Waals surface area contributed by atoms with E-state index in [1.54, 1.807) is 16.8 Å². The van der Waals surface area contributed by atoms with E-state index in [2.05, 4.69) is 30.4 Å². The number of hydrogen-bond acceptors (Lipinski definition) is 9. The first-order chi connectivity index (χ1) is 14.5. The number of fused-ring (bicyclic) bond motifs is 1. The lowest BCUT2D eigenvalue weighted by Crippen LogP contribution is -2.29. The van der Waals surface area contributed by atoms with E-state index >= 15 is 0 Å². The Morgan fingerprint density at radius 3 is 2.87 bits per heavy atom. The standard InChI is InChI=1S/C20H25N7O3/c1-30-19(29)10-16-15(21)9-13(11-22-16)24-20-25-18-4-2-3-17(27(18)26-20)23-12-5-7-14(28)8-6-12/h2-4,9,11-12,14,23,28H,5-8,10,21H2,1H3,(H,24,26)/t12-,14+. The van der Waals surface area contributed by atoms with Gasteiger partial charge in [-0.1, -0.05) is 6.07 Å². The molecule has 0 spiro atoms. The van der Waals surface area contributed by atoms with Crippen LogP contribution in [0.4, 0.5) is 23.1 Å². The first-order valence-electron chi connectivity index (χ1n) is 9.90. The number of aliphatic hydroxyl groups is 1. The molecular formula is C20H25N7O3. The van der Waals surface area contributed by atoms with E-state index in [1.165, 1.54) is 7.11 Å². The molecule has 0 radical (unpaired) electrons. The average Bonchev–Trinajstić information content (AvgIpc) is 3.15. The first kappa shape index (κ1) is 19.9. The Bertz CT molecular complexity index is 1040. The molecule has 158 valence electrons. The average molecular weight is 411 g/mol. The Balaban J connectivity index is 1.50. The van der Waals surface area contributed by atoms with Crippen LogP contribution in [0.3, 0.4) is 0 Å². The molecule has 0 amide bonds. The molecule has 3 aromatic rings. The van der Waals surface area contributed by atoms with E-state index < -0.39 is 5.97 Å². The Labute approximate surface area is 173 Å². The van der Waals surface area contributed by atoms with Gasteiger partial charge in [-0.3, -0.25) is 9.78 Å². The zero-order valence-corrected chi connectivity index (χ0v) is 16.7. The van der Waals surface area contributed by atoms with Gasteiger partial charge < -0.3 is 26.2 Å². The molecule has 4 rings (SSSR count). The summed E-state index contributed by atoms with van der Waals surface area (Å²) in [6.45, 7) is 0. The van der Waals surface area contributed by atoms with Crippen molar-refractivity contribution in [1.82, 2.24) is 19.6 Å². The molecule has 0 unspecified atom stereocenters. The molecule has 1 saturated carbocycles. The van der Waals surface area contributed by atoms with Crippen molar-refractivity contribution in [2.75, 3.05) is 23.5 Å². The largest absolute Gasteiger partial charge is 0.469 e. The number of aliphatic hydroxyl groups excluding tert-OH is 1. The maximum Gasteiger partial charge on any atom is 0.311 e. The minimum atomic E-state index is -0.399. The monoisotopic (exact) mass is 411 g/mol. The fourth-order valence-corrected chi connectivity index (χ4v) is 3.56. The summed E-state index contributed by atoms with van der Waals surface area (Å²) in [5.41, 5.74) is 8.16. The quantitative estimate of drug-likeness (QED) is 0.448. The molecule has 10 nitrogen and oxygen atoms in total. The lowest BCUT2D eigenvalue weighted by molar-refractivity contribution is -0.139. The minimum absolute atomic E-state index is 0.0163. The van der Waals surface area contributed by atoms with Crippen LogP contribution >= 0.6 is 0 Å². The van der Waals surface area contributed by atoms with Crippen LogP contribution in [-0.2, 0) is 16.0 Å². The van der Waals surface area contributed by atoms with Crippen molar-refractivity contribution in [1.29, 1.82) is 0 Å². The molecule has 1 aliphatic carbocycles. The molecule has 0 aliphatic heterocycles. The number of methoxy groups -OCH3 is 1. The third-order valence-corrected chi connectivity index (χ3v) is 5.21. The van der Waals surface area contributed by atoms with Gasteiger partial charge in [-0.2, -0.15) is 9.50 Å². The van der Waals surface area contributed by atoms with Crippen LogP contribution in [0.2, 0.25) is 0 Å². The molecule has 3 aromatic heterocycles. The van der Waals surface area contributed by atoms with Crippen molar-refractivity contribution in [2.45, 2.75) is 44.2 Å². The van der Waals surface area contributed by atoms with Crippen molar-refractivity contribution in [2.24, 2.45) is 0 Å². The number of ether oxygens (including phenoxy) is 1. The molecule has 30 heavy (non-hydrogen) atoms. The molecule has 0 bridgehead atoms. The highest BCUT2D eigenvalue weighted by Gasteiger charge is 2.20. The molecule has 3 heterocycles. The maximum absolute atomic E-state index is 11.4. The topological polar surface area (TPSA) is 140 Å². The normalized spacial score (nSPS) is 18.9. The van der Waals surface area contributed by atoms with Gasteiger partial charge in [0.05, 0.1) is 42.9 Å². The molecule has 0 aromatic carbocycles. The number of anilines is 4. The summed E-state index contributed by atoms with van der Waals surface area (Å²) in [6, 6.07) is 7.74. The summed E-state index contributed by atoms with van der Waals surface area (Å²) < 4.78 is 6.39. The molecular weight excluding hydrogens is 386 g/mol. The second-order valence-corrected chi connectivity index (χ2v) is 7.40. The summed E-state index contributed by atoms with van der Waals surface area (Å²) in [6.07, 6.45) is 4.84. The van der Waals surface area contributed by atoms with Gasteiger partial charge in [0.25, 0.3) is 0 Å². The lowest BCUT2D eigenvalue weighted by atomic mass is 9.93. The molecule has 1 fully saturated rings. The SMILES string of the molecule is COC(=O)Cc1ncc(Nc2nc3cccc(N[C@H]4CC[C@@H](O)CC4)n3n2)cc1N. The number of carbonyl (C=O) groups is 1. The number of nitrogens with zero attached hydrogens (tertiary/aromatic N) is 4. The van der Waals surface area contributed by atoms with E-state index in [9.17, 15) is 9.90 Å². The molecule has 10 heteroatoms. The predicted molar refractivity (Wildman–Crippen MR) is 113 cm³/mol. The fourth-order valence-electron chi connectivity index (χ4n) is 3.56. The molecule has 5 N–H and O–H groups in total. The van der Waals surface area contributed by atoms with Crippen LogP contribution in [0.1, 0.15) is 31.4 Å². The highest BCUT2D eigenvalue weighted by atomic mass is 16.5. The number of pyridine rings is 2. The van der Waals surface area contributed by atoms with Gasteiger partial charge in [0.2, 0.25) is 5.95 Å². The van der Waals surface area contributed by atoms with Crippen LogP contribution in [0, 0.1) is 0 Å². The highest BCUT2D eigenvalue weighted by Crippen LogP contribution is 2.24. The van der Waals surface area contributed by atoms with Crippen molar-refractivity contribution in [3.63, 3.8) is 0 Å². The smallest absolute Gasteiger partial charge is 0.311 e. The van der Waals surface area contributed by atoms with E-state index in [-0.39, 0.29) is 12.5 Å². The molecule has 1 aliphatic rings. The number of nitrogens with one attached hydrogen (secondary N) is 2. The van der Waals surface area contributed by atoms with Crippen LogP contribution in [0.25, 0.3) is 5.65 Å². The number of nitrogens with two attached hydrogens (primary N) is 1. The first-order valence-corrected chi connectivity index (χ1v) is 9.90. The van der Waals surface area contributed by atoms with Gasteiger partial charge in [-0.05, 0) is 43.9 Å². The number of carbonyl (C=O) groups excluding carboxylic acids is 1. The van der Waals surface area contributed by atoms with Gasteiger partial charge in [0, 0.05) is 6.04 Å². The number of hydrogen-bond donors (Lipinski definition) is 4. The Kier molecular flexibility index (Phi) is 5.66. The maximum atomic E-state index is 11.4. The second-order valence-electron chi connectivity index (χ2n) is 7.40.